The molecule has 0 saturated carbocycles. The molecule has 1 amide bonds. The van der Waals surface area contributed by atoms with Crippen molar-refractivity contribution in [2.75, 3.05) is 18.5 Å². The zero-order chi connectivity index (χ0) is 25.2. The molecule has 3 N–H and O–H groups in total. The van der Waals surface area contributed by atoms with Crippen molar-refractivity contribution in [3.05, 3.63) is 46.4 Å². The quantitative estimate of drug-likeness (QED) is 0.467. The number of carbonyl (C=O) groups is 1. The molecule has 0 bridgehead atoms. The van der Waals surface area contributed by atoms with Crippen LogP contribution in [0, 0.1) is 10.7 Å². The van der Waals surface area contributed by atoms with E-state index in [9.17, 15) is 13.8 Å². The predicted octanol–water partition coefficient (Wildman–Crippen LogP) is 3.37. The van der Waals surface area contributed by atoms with E-state index in [1.54, 1.807) is 7.05 Å². The van der Waals surface area contributed by atoms with Gasteiger partial charge in [-0.05, 0) is 31.2 Å². The Morgan fingerprint density at radius 2 is 1.85 bits per heavy atom. The van der Waals surface area contributed by atoms with Gasteiger partial charge < -0.3 is 10.6 Å². The maximum Gasteiger partial charge on any atom is 0.339 e. The largest absolute Gasteiger partial charge is 0.382 e. The predicted molar refractivity (Wildman–Crippen MR) is 134 cm³/mol. The van der Waals surface area contributed by atoms with E-state index in [2.05, 4.69) is 23.8 Å². The van der Waals surface area contributed by atoms with Gasteiger partial charge in [-0.1, -0.05) is 51.1 Å². The van der Waals surface area contributed by atoms with Crippen LogP contribution in [0.3, 0.4) is 0 Å². The lowest BCUT2D eigenvalue weighted by molar-refractivity contribution is 0.188. The standard InChI is InChI=1S/C23H33N7O3S/c1-6-12-34(25,33)21-26-19(24)18-20(27-21)29(14-17-10-8-7-9-11-17)23(32)30(18)22(31)28(5)16(4)13-15(2)3/h7-11,15-16,25H,6,12-14H2,1-5H3,(H2,24,26,27). The Morgan fingerprint density at radius 1 is 1.21 bits per heavy atom. The first-order chi connectivity index (χ1) is 16.0. The fraction of sp³-hybridized carbons (Fsp3) is 0.478. The van der Waals surface area contributed by atoms with Crippen LogP contribution in [0.5, 0.6) is 0 Å². The molecule has 184 valence electrons. The van der Waals surface area contributed by atoms with Crippen molar-refractivity contribution >= 4 is 32.7 Å². The second-order valence-electron chi connectivity index (χ2n) is 9.00. The molecule has 2 unspecified atom stereocenters. The monoisotopic (exact) mass is 487 g/mol. The summed E-state index contributed by atoms with van der Waals surface area (Å²) in [6, 6.07) is 8.59. The van der Waals surface area contributed by atoms with E-state index in [-0.39, 0.29) is 40.5 Å². The topological polar surface area (TPSA) is 140 Å². The van der Waals surface area contributed by atoms with Crippen molar-refractivity contribution in [1.29, 1.82) is 4.78 Å². The Labute approximate surface area is 199 Å². The highest BCUT2D eigenvalue weighted by Gasteiger charge is 2.28. The Bertz CT molecular complexity index is 1340. The molecule has 0 aliphatic carbocycles. The maximum atomic E-state index is 13.6. The van der Waals surface area contributed by atoms with Gasteiger partial charge in [-0.25, -0.2) is 28.1 Å². The van der Waals surface area contributed by atoms with Gasteiger partial charge >= 0.3 is 11.7 Å². The number of rotatable bonds is 8. The summed E-state index contributed by atoms with van der Waals surface area (Å²) in [5, 5.41) is -0.229. The molecule has 0 aliphatic rings. The van der Waals surface area contributed by atoms with Gasteiger partial charge in [-0.2, -0.15) is 4.98 Å². The van der Waals surface area contributed by atoms with Crippen molar-refractivity contribution in [2.24, 2.45) is 5.92 Å². The zero-order valence-electron chi connectivity index (χ0n) is 20.3. The molecule has 0 aliphatic heterocycles. The summed E-state index contributed by atoms with van der Waals surface area (Å²) in [6.45, 7) is 7.99. The van der Waals surface area contributed by atoms with Crippen molar-refractivity contribution in [1.82, 2.24) is 24.0 Å². The van der Waals surface area contributed by atoms with Gasteiger partial charge in [0, 0.05) is 18.8 Å². The molecule has 2 atom stereocenters. The molecule has 34 heavy (non-hydrogen) atoms. The molecule has 0 fully saturated rings. The van der Waals surface area contributed by atoms with E-state index in [0.717, 1.165) is 16.6 Å². The third-order valence-electron chi connectivity index (χ3n) is 5.71. The van der Waals surface area contributed by atoms with Crippen molar-refractivity contribution in [2.45, 2.75) is 58.3 Å². The van der Waals surface area contributed by atoms with Crippen LogP contribution in [0.25, 0.3) is 11.2 Å². The lowest BCUT2D eigenvalue weighted by atomic mass is 10.0. The van der Waals surface area contributed by atoms with Gasteiger partial charge in [-0.3, -0.25) is 4.57 Å². The Morgan fingerprint density at radius 3 is 2.44 bits per heavy atom. The first kappa shape index (κ1) is 25.4. The Hall–Kier alpha value is -3.21. The number of nitrogens with one attached hydrogen (secondary N) is 1. The van der Waals surface area contributed by atoms with Crippen LogP contribution in [-0.2, 0) is 16.3 Å². The molecule has 2 aromatic heterocycles. The average Bonchev–Trinajstić information content (AvgIpc) is 3.05. The third-order valence-corrected chi connectivity index (χ3v) is 7.47. The second-order valence-corrected chi connectivity index (χ2v) is 11.1. The maximum absolute atomic E-state index is 13.6. The van der Waals surface area contributed by atoms with Gasteiger partial charge in [0.25, 0.3) is 0 Å². The Kier molecular flexibility index (Phi) is 7.44. The molecule has 1 aromatic carbocycles. The number of hydrogen-bond donors (Lipinski definition) is 2. The lowest BCUT2D eigenvalue weighted by Gasteiger charge is -2.26. The highest BCUT2D eigenvalue weighted by atomic mass is 32.2. The minimum absolute atomic E-state index is 0.0602. The van der Waals surface area contributed by atoms with E-state index in [0.29, 0.717) is 12.3 Å². The van der Waals surface area contributed by atoms with Gasteiger partial charge in [0.2, 0.25) is 5.16 Å². The third kappa shape index (κ3) is 4.98. The summed E-state index contributed by atoms with van der Waals surface area (Å²) in [7, 11) is -1.66. The van der Waals surface area contributed by atoms with Crippen LogP contribution in [0.2, 0.25) is 0 Å². The van der Waals surface area contributed by atoms with E-state index < -0.39 is 21.4 Å². The minimum atomic E-state index is -3.30. The normalized spacial score (nSPS) is 14.3. The number of hydrogen-bond acceptors (Lipinski definition) is 7. The summed E-state index contributed by atoms with van der Waals surface area (Å²) in [5.41, 5.74) is 6.57. The smallest absolute Gasteiger partial charge is 0.339 e. The molecular formula is C23H33N7O3S. The number of benzene rings is 1. The molecule has 11 heteroatoms. The second kappa shape index (κ2) is 9.96. The lowest BCUT2D eigenvalue weighted by Crippen LogP contribution is -2.43. The molecule has 0 spiro atoms. The number of anilines is 1. The number of nitrogens with two attached hydrogens (primary N) is 1. The van der Waals surface area contributed by atoms with Gasteiger partial charge in [-0.15, -0.1) is 0 Å². The summed E-state index contributed by atoms with van der Waals surface area (Å²) in [6.07, 6.45) is 1.26. The van der Waals surface area contributed by atoms with Crippen LogP contribution < -0.4 is 11.4 Å². The SMILES string of the molecule is CCCS(=N)(=O)c1nc(N)c2c(n1)n(Cc1ccccc1)c(=O)n2C(=O)N(C)C(C)CC(C)C. The number of imidazole rings is 1. The van der Waals surface area contributed by atoms with Crippen molar-refractivity contribution in [3.63, 3.8) is 0 Å². The number of fused-ring (bicyclic) bond motifs is 1. The number of carbonyl (C=O) groups excluding carboxylic acids is 1. The fourth-order valence-electron chi connectivity index (χ4n) is 3.95. The average molecular weight is 488 g/mol. The summed E-state index contributed by atoms with van der Waals surface area (Å²) >= 11 is 0. The van der Waals surface area contributed by atoms with Crippen LogP contribution >= 0.6 is 0 Å². The molecular weight excluding hydrogens is 454 g/mol. The van der Waals surface area contributed by atoms with Crippen LogP contribution in [-0.4, -0.2) is 53.1 Å². The van der Waals surface area contributed by atoms with E-state index in [1.165, 1.54) is 9.47 Å². The first-order valence-electron chi connectivity index (χ1n) is 11.3. The van der Waals surface area contributed by atoms with Crippen LogP contribution in [0.1, 0.15) is 46.1 Å². The highest BCUT2D eigenvalue weighted by Crippen LogP contribution is 2.22. The number of nitrogens with zero attached hydrogens (tertiary/aromatic N) is 5. The zero-order valence-corrected chi connectivity index (χ0v) is 21.1. The van der Waals surface area contributed by atoms with Crippen LogP contribution in [0.4, 0.5) is 10.6 Å². The number of aromatic nitrogens is 4. The summed E-state index contributed by atoms with van der Waals surface area (Å²) in [4.78, 5) is 37.0. The molecule has 0 saturated heterocycles. The Balaban J connectivity index is 2.26. The molecule has 3 rings (SSSR count). The van der Waals surface area contributed by atoms with Crippen molar-refractivity contribution in [3.8, 4) is 0 Å². The summed E-state index contributed by atoms with van der Waals surface area (Å²) < 4.78 is 23.5. The van der Waals surface area contributed by atoms with Crippen LogP contribution in [0.15, 0.2) is 40.3 Å². The molecule has 3 aromatic rings. The van der Waals surface area contributed by atoms with E-state index in [1.807, 2.05) is 44.2 Å². The number of amides is 1. The van der Waals surface area contributed by atoms with Gasteiger partial charge in [0.1, 0.15) is 15.2 Å². The molecule has 10 nitrogen and oxygen atoms in total. The summed E-state index contributed by atoms with van der Waals surface area (Å²) in [5.74, 6) is 0.273. The first-order valence-corrected chi connectivity index (χ1v) is 13.1. The van der Waals surface area contributed by atoms with E-state index >= 15 is 0 Å². The highest BCUT2D eigenvalue weighted by molar-refractivity contribution is 7.92. The molecule has 0 radical (unpaired) electrons. The fourth-order valence-corrected chi connectivity index (χ4v) is 5.18. The van der Waals surface area contributed by atoms with Crippen molar-refractivity contribution < 1.29 is 9.00 Å². The van der Waals surface area contributed by atoms with Gasteiger partial charge in [0.05, 0.1) is 6.54 Å². The number of nitrogen functional groups attached to an aromatic ring is 1. The van der Waals surface area contributed by atoms with Gasteiger partial charge in [0.15, 0.2) is 11.5 Å². The molecule has 2 heterocycles. The van der Waals surface area contributed by atoms with E-state index in [4.69, 9.17) is 10.5 Å². The minimum Gasteiger partial charge on any atom is -0.382 e.